The van der Waals surface area contributed by atoms with E-state index in [4.69, 9.17) is 15.9 Å². The number of unbranched alkanes of at least 4 members (excludes halogenated alkanes) is 2. The average molecular weight is 488 g/mol. The predicted octanol–water partition coefficient (Wildman–Crippen LogP) is 0.787. The Balaban J connectivity index is 0.00000265. The molecule has 2 aliphatic heterocycles. The summed E-state index contributed by atoms with van der Waals surface area (Å²) in [6.45, 7) is 6.14. The number of hydrogen-bond acceptors (Lipinski definition) is 9. The average Bonchev–Trinajstić information content (AvgIpc) is 3.07. The summed E-state index contributed by atoms with van der Waals surface area (Å²) >= 11 is 1.04. The zero-order chi connectivity index (χ0) is 25.0. The van der Waals surface area contributed by atoms with Crippen molar-refractivity contribution in [2.75, 3.05) is 18.9 Å². The van der Waals surface area contributed by atoms with E-state index in [1.807, 2.05) is 13.8 Å². The largest absolute Gasteiger partial charge is 0.393 e. The summed E-state index contributed by atoms with van der Waals surface area (Å²) in [5, 5.41) is 39.8. The Hall–Kier alpha value is -1.45. The van der Waals surface area contributed by atoms with Crippen LogP contribution in [0.3, 0.4) is 0 Å². The van der Waals surface area contributed by atoms with E-state index < -0.39 is 48.6 Å². The minimum atomic E-state index is -1.48. The first-order valence-electron chi connectivity index (χ1n) is 11.4. The van der Waals surface area contributed by atoms with Crippen LogP contribution in [0.2, 0.25) is 0 Å². The van der Waals surface area contributed by atoms with E-state index in [1.165, 1.54) is 6.08 Å². The summed E-state index contributed by atoms with van der Waals surface area (Å²) in [5.41, 5.74) is 0. The maximum Gasteiger partial charge on any atom is 0.267 e. The van der Waals surface area contributed by atoms with Gasteiger partial charge in [-0.25, -0.2) is 0 Å². The number of rotatable bonds is 12. The Labute approximate surface area is 200 Å². The second-order valence-electron chi connectivity index (χ2n) is 7.65. The molecule has 2 amide bonds. The number of carbonyl (C=O) groups is 2. The molecule has 10 heteroatoms. The van der Waals surface area contributed by atoms with E-state index in [1.54, 1.807) is 6.92 Å². The van der Waals surface area contributed by atoms with Crippen LogP contribution in [0.5, 0.6) is 0 Å². The molecule has 0 aromatic carbocycles. The van der Waals surface area contributed by atoms with Gasteiger partial charge in [-0.1, -0.05) is 13.8 Å². The molecule has 1 saturated heterocycles. The van der Waals surface area contributed by atoms with Crippen LogP contribution >= 0.6 is 11.8 Å². The number of amides is 2. The lowest BCUT2D eigenvalue weighted by Crippen LogP contribution is -2.59. The van der Waals surface area contributed by atoms with Crippen molar-refractivity contribution in [1.82, 2.24) is 4.90 Å². The standard InChI is InChI=1S/C21H31NO8S.C2H6/c1-3-4-5-6-9-22-16(24)11-15(20(22)28)31-12-14-17(25)18(26)19(27)21(30-14)29-10-7-8-13(2)23;1-2/h1,11,13-14,17-19,21,23,25-27H,4-10,12H2,2H3;1-2H3. The summed E-state index contributed by atoms with van der Waals surface area (Å²) in [6, 6.07) is 0. The van der Waals surface area contributed by atoms with E-state index in [2.05, 4.69) is 5.92 Å². The zero-order valence-electron chi connectivity index (χ0n) is 19.6. The van der Waals surface area contributed by atoms with Gasteiger partial charge in [0, 0.05) is 31.4 Å². The Morgan fingerprint density at radius 3 is 2.52 bits per heavy atom. The van der Waals surface area contributed by atoms with Gasteiger partial charge >= 0.3 is 0 Å². The van der Waals surface area contributed by atoms with Crippen LogP contribution in [0.25, 0.3) is 0 Å². The normalized spacial score (nSPS) is 28.1. The molecule has 6 unspecified atom stereocenters. The molecule has 2 aliphatic rings. The Morgan fingerprint density at radius 2 is 1.88 bits per heavy atom. The molecule has 6 atom stereocenters. The van der Waals surface area contributed by atoms with Gasteiger partial charge in [-0.15, -0.1) is 24.1 Å². The number of aliphatic hydroxyl groups excluding tert-OH is 4. The maximum atomic E-state index is 12.5. The van der Waals surface area contributed by atoms with Crippen molar-refractivity contribution in [3.05, 3.63) is 11.0 Å². The van der Waals surface area contributed by atoms with E-state index in [-0.39, 0.29) is 23.8 Å². The van der Waals surface area contributed by atoms with Crippen LogP contribution in [-0.4, -0.2) is 92.9 Å². The molecule has 0 aliphatic carbocycles. The van der Waals surface area contributed by atoms with Gasteiger partial charge in [-0.2, -0.15) is 0 Å². The van der Waals surface area contributed by atoms with E-state index in [0.717, 1.165) is 23.1 Å². The fourth-order valence-electron chi connectivity index (χ4n) is 3.24. The molecule has 0 bridgehead atoms. The number of nitrogens with zero attached hydrogens (tertiary/aromatic N) is 1. The van der Waals surface area contributed by atoms with Gasteiger partial charge in [-0.05, 0) is 32.6 Å². The van der Waals surface area contributed by atoms with E-state index >= 15 is 0 Å². The Kier molecular flexibility index (Phi) is 13.9. The summed E-state index contributed by atoms with van der Waals surface area (Å²) in [7, 11) is 0. The van der Waals surface area contributed by atoms with Crippen molar-refractivity contribution in [2.45, 2.75) is 89.7 Å². The summed E-state index contributed by atoms with van der Waals surface area (Å²) < 4.78 is 11.1. The monoisotopic (exact) mass is 487 g/mol. The van der Waals surface area contributed by atoms with Crippen molar-refractivity contribution in [3.8, 4) is 12.3 Å². The lowest BCUT2D eigenvalue weighted by Gasteiger charge is -2.40. The molecule has 188 valence electrons. The molecule has 1 fully saturated rings. The number of ether oxygens (including phenoxy) is 2. The first-order valence-corrected chi connectivity index (χ1v) is 12.4. The molecule has 0 spiro atoms. The molecule has 0 aromatic rings. The number of carbonyl (C=O) groups excluding carboxylic acids is 2. The van der Waals surface area contributed by atoms with Gasteiger partial charge in [0.25, 0.3) is 11.8 Å². The van der Waals surface area contributed by atoms with Crippen molar-refractivity contribution >= 4 is 23.6 Å². The van der Waals surface area contributed by atoms with Gasteiger partial charge in [0.05, 0.1) is 17.1 Å². The molecular formula is C23H37NO8S. The topological polar surface area (TPSA) is 137 Å². The molecule has 9 nitrogen and oxygen atoms in total. The first kappa shape index (κ1) is 29.6. The van der Waals surface area contributed by atoms with Gasteiger partial charge in [0.15, 0.2) is 6.29 Å². The lowest BCUT2D eigenvalue weighted by atomic mass is 10.00. The quantitative estimate of drug-likeness (QED) is 0.179. The van der Waals surface area contributed by atoms with Gasteiger partial charge in [0.1, 0.15) is 18.3 Å². The van der Waals surface area contributed by atoms with E-state index in [9.17, 15) is 30.0 Å². The highest BCUT2D eigenvalue weighted by molar-refractivity contribution is 8.04. The third-order valence-corrected chi connectivity index (χ3v) is 6.15. The fraction of sp³-hybridized carbons (Fsp3) is 0.739. The third-order valence-electron chi connectivity index (χ3n) is 5.05. The molecular weight excluding hydrogens is 450 g/mol. The fourth-order valence-corrected chi connectivity index (χ4v) is 4.28. The van der Waals surface area contributed by atoms with Crippen LogP contribution in [0, 0.1) is 12.3 Å². The number of thioether (sulfide) groups is 1. The van der Waals surface area contributed by atoms with Crippen LogP contribution < -0.4 is 0 Å². The molecule has 4 N–H and O–H groups in total. The highest BCUT2D eigenvalue weighted by Crippen LogP contribution is 2.30. The van der Waals surface area contributed by atoms with Crippen molar-refractivity contribution < 1.29 is 39.5 Å². The smallest absolute Gasteiger partial charge is 0.267 e. The number of terminal acetylenes is 1. The maximum absolute atomic E-state index is 12.5. The predicted molar refractivity (Wildman–Crippen MR) is 125 cm³/mol. The first-order chi connectivity index (χ1) is 15.8. The summed E-state index contributed by atoms with van der Waals surface area (Å²) in [6.07, 6.45) is 2.56. The molecule has 2 rings (SSSR count). The van der Waals surface area contributed by atoms with Crippen LogP contribution in [0.1, 0.15) is 52.9 Å². The highest BCUT2D eigenvalue weighted by atomic mass is 32.2. The van der Waals surface area contributed by atoms with Crippen molar-refractivity contribution in [2.24, 2.45) is 0 Å². The molecule has 0 aromatic heterocycles. The SMILES string of the molecule is C#CCCCCN1C(=O)C=C(SCC2OC(OCCCC(C)O)C(O)C(O)C2O)C1=O.CC. The van der Waals surface area contributed by atoms with E-state index in [0.29, 0.717) is 25.7 Å². The van der Waals surface area contributed by atoms with Gasteiger partial charge in [0.2, 0.25) is 0 Å². The Morgan fingerprint density at radius 1 is 1.18 bits per heavy atom. The minimum absolute atomic E-state index is 0.0776. The zero-order valence-corrected chi connectivity index (χ0v) is 20.4. The number of aliphatic hydroxyl groups is 4. The number of hydrogen-bond donors (Lipinski definition) is 4. The van der Waals surface area contributed by atoms with Crippen LogP contribution in [0.4, 0.5) is 0 Å². The lowest BCUT2D eigenvalue weighted by molar-refractivity contribution is -0.292. The van der Waals surface area contributed by atoms with Crippen LogP contribution in [-0.2, 0) is 19.1 Å². The highest BCUT2D eigenvalue weighted by Gasteiger charge is 2.44. The molecule has 33 heavy (non-hydrogen) atoms. The molecule has 2 heterocycles. The van der Waals surface area contributed by atoms with Gasteiger partial charge < -0.3 is 29.9 Å². The second kappa shape index (κ2) is 15.5. The van der Waals surface area contributed by atoms with Crippen molar-refractivity contribution in [3.63, 3.8) is 0 Å². The van der Waals surface area contributed by atoms with Crippen molar-refractivity contribution in [1.29, 1.82) is 0 Å². The molecule has 0 radical (unpaired) electrons. The number of imide groups is 1. The summed E-state index contributed by atoms with van der Waals surface area (Å²) in [4.78, 5) is 26.0. The third kappa shape index (κ3) is 9.02. The summed E-state index contributed by atoms with van der Waals surface area (Å²) in [5.74, 6) is 1.79. The van der Waals surface area contributed by atoms with Gasteiger partial charge in [-0.3, -0.25) is 14.5 Å². The minimum Gasteiger partial charge on any atom is -0.393 e. The molecule has 0 saturated carbocycles. The second-order valence-corrected chi connectivity index (χ2v) is 8.71. The van der Waals surface area contributed by atoms with Crippen LogP contribution in [0.15, 0.2) is 11.0 Å². The Bertz CT molecular complexity index is 692.